The molecular weight excluding hydrogens is 461 g/mol. The molecule has 2 saturated heterocycles. The van der Waals surface area contributed by atoms with Gasteiger partial charge in [0.15, 0.2) is 11.4 Å². The number of benzene rings is 2. The Morgan fingerprint density at radius 2 is 1.91 bits per heavy atom. The predicted octanol–water partition coefficient (Wildman–Crippen LogP) is 3.23. The summed E-state index contributed by atoms with van der Waals surface area (Å²) >= 11 is 0. The summed E-state index contributed by atoms with van der Waals surface area (Å²) in [6.07, 6.45) is 0.422. The fourth-order valence-electron chi connectivity index (χ4n) is 4.54. The largest absolute Gasteiger partial charge is 0.354 e. The molecule has 2 aromatic carbocycles. The van der Waals surface area contributed by atoms with Crippen LogP contribution in [-0.2, 0) is 10.0 Å². The van der Waals surface area contributed by atoms with E-state index in [0.29, 0.717) is 18.6 Å². The van der Waals surface area contributed by atoms with Crippen molar-refractivity contribution in [2.45, 2.75) is 25.4 Å². The lowest BCUT2D eigenvalue weighted by Gasteiger charge is -2.18. The Morgan fingerprint density at radius 1 is 1.18 bits per heavy atom. The first-order valence-electron chi connectivity index (χ1n) is 10.3. The van der Waals surface area contributed by atoms with Crippen LogP contribution < -0.4 is 9.62 Å². The van der Waals surface area contributed by atoms with Gasteiger partial charge in [-0.25, -0.2) is 31.1 Å². The highest BCUT2D eigenvalue weighted by molar-refractivity contribution is 7.89. The molecule has 174 valence electrons. The van der Waals surface area contributed by atoms with Gasteiger partial charge in [0, 0.05) is 36.8 Å². The number of aromatic nitrogens is 1. The third-order valence-corrected chi connectivity index (χ3v) is 7.48. The molecule has 2 fully saturated rings. The second-order valence-electron chi connectivity index (χ2n) is 8.08. The number of anilines is 1. The summed E-state index contributed by atoms with van der Waals surface area (Å²) < 4.78 is 74.2. The molecule has 3 aromatic rings. The Hall–Kier alpha value is -3.12. The van der Waals surface area contributed by atoms with Gasteiger partial charge in [0.1, 0.15) is 17.5 Å². The molecule has 1 aromatic heterocycles. The van der Waals surface area contributed by atoms with Crippen LogP contribution in [0, 0.1) is 17.5 Å². The number of nitrogens with zero attached hydrogens (tertiary/aromatic N) is 3. The lowest BCUT2D eigenvalue weighted by atomic mass is 10.00. The molecule has 0 saturated carbocycles. The van der Waals surface area contributed by atoms with Gasteiger partial charge in [-0.2, -0.15) is 0 Å². The van der Waals surface area contributed by atoms with Gasteiger partial charge in [-0.1, -0.05) is 17.3 Å². The molecule has 1 N–H and O–H groups in total. The van der Waals surface area contributed by atoms with Crippen LogP contribution in [0.4, 0.5) is 23.8 Å². The molecule has 33 heavy (non-hydrogen) atoms. The van der Waals surface area contributed by atoms with Crippen LogP contribution >= 0.6 is 0 Å². The van der Waals surface area contributed by atoms with Gasteiger partial charge in [-0.3, -0.25) is 4.90 Å². The Kier molecular flexibility index (Phi) is 5.09. The molecule has 0 spiro atoms. The monoisotopic (exact) mass is 480 g/mol. The smallest absolute Gasteiger partial charge is 0.326 e. The Labute approximate surface area is 187 Å². The number of hydrogen-bond acceptors (Lipinski definition) is 5. The van der Waals surface area contributed by atoms with E-state index in [1.807, 2.05) is 0 Å². The van der Waals surface area contributed by atoms with Crippen LogP contribution in [0.5, 0.6) is 0 Å². The standard InChI is InChI=1S/C21H19F3N4O4S/c1-2-33(30,31)26-12-8-13-10-28(21(29)27(13)9-12)20-19-14(4-3-5-17(19)32-25-20)18-15(23)6-11(22)7-16(18)24/h3-7,12-13,26H,2,8-10H2,1H3/t12-,13-/m0/s1. The molecule has 0 radical (unpaired) electrons. The Balaban J connectivity index is 1.50. The van der Waals surface area contributed by atoms with Gasteiger partial charge in [-0.05, 0) is 19.4 Å². The minimum atomic E-state index is -3.41. The van der Waals surface area contributed by atoms with Crippen molar-refractivity contribution in [2.24, 2.45) is 0 Å². The van der Waals surface area contributed by atoms with E-state index < -0.39 is 45.1 Å². The van der Waals surface area contributed by atoms with Crippen LogP contribution in [0.3, 0.4) is 0 Å². The van der Waals surface area contributed by atoms with E-state index in [2.05, 4.69) is 9.88 Å². The SMILES string of the molecule is CCS(=O)(=O)N[C@H]1C[C@H]2CN(c3noc4cccc(-c5c(F)cc(F)cc5F)c34)C(=O)N2C1. The summed E-state index contributed by atoms with van der Waals surface area (Å²) in [5.41, 5.74) is -0.168. The summed E-state index contributed by atoms with van der Waals surface area (Å²) in [5, 5.41) is 4.20. The molecule has 3 heterocycles. The van der Waals surface area contributed by atoms with Crippen LogP contribution in [-0.4, -0.2) is 55.4 Å². The number of carbonyl (C=O) groups excluding carboxylic acids is 1. The van der Waals surface area contributed by atoms with Crippen molar-refractivity contribution in [3.05, 3.63) is 47.8 Å². The van der Waals surface area contributed by atoms with E-state index in [9.17, 15) is 26.4 Å². The quantitative estimate of drug-likeness (QED) is 0.605. The normalized spacial score (nSPS) is 20.8. The minimum Gasteiger partial charge on any atom is -0.354 e. The van der Waals surface area contributed by atoms with Crippen LogP contribution in [0.1, 0.15) is 13.3 Å². The van der Waals surface area contributed by atoms with Crippen LogP contribution in [0.2, 0.25) is 0 Å². The van der Waals surface area contributed by atoms with E-state index in [1.165, 1.54) is 24.0 Å². The third-order valence-electron chi connectivity index (χ3n) is 6.02. The second kappa shape index (κ2) is 7.73. The molecular formula is C21H19F3N4O4S. The highest BCUT2D eigenvalue weighted by Crippen LogP contribution is 2.40. The average Bonchev–Trinajstić information content (AvgIpc) is 3.41. The number of nitrogens with one attached hydrogen (secondary N) is 1. The average molecular weight is 480 g/mol. The number of halogens is 3. The first-order valence-corrected chi connectivity index (χ1v) is 11.9. The number of fused-ring (bicyclic) bond motifs is 2. The molecule has 0 aliphatic carbocycles. The van der Waals surface area contributed by atoms with Gasteiger partial charge in [0.2, 0.25) is 10.0 Å². The minimum absolute atomic E-state index is 0.0571. The Bertz CT molecular complexity index is 1350. The summed E-state index contributed by atoms with van der Waals surface area (Å²) in [6.45, 7) is 1.93. The second-order valence-corrected chi connectivity index (χ2v) is 10.1. The van der Waals surface area contributed by atoms with Gasteiger partial charge < -0.3 is 9.42 Å². The molecule has 12 heteroatoms. The van der Waals surface area contributed by atoms with E-state index in [1.54, 1.807) is 11.0 Å². The molecule has 2 aliphatic heterocycles. The van der Waals surface area contributed by atoms with E-state index in [-0.39, 0.29) is 47.2 Å². The van der Waals surface area contributed by atoms with E-state index in [0.717, 1.165) is 0 Å². The summed E-state index contributed by atoms with van der Waals surface area (Å²) in [7, 11) is -3.41. The number of urea groups is 1. The van der Waals surface area contributed by atoms with Crippen molar-refractivity contribution in [1.82, 2.24) is 14.8 Å². The predicted molar refractivity (Wildman–Crippen MR) is 114 cm³/mol. The van der Waals surface area contributed by atoms with Crippen molar-refractivity contribution >= 4 is 32.8 Å². The lowest BCUT2D eigenvalue weighted by molar-refractivity contribution is 0.218. The zero-order valence-electron chi connectivity index (χ0n) is 17.4. The molecule has 2 aliphatic rings. The van der Waals surface area contributed by atoms with Gasteiger partial charge in [0.25, 0.3) is 0 Å². The number of sulfonamides is 1. The van der Waals surface area contributed by atoms with Crippen molar-refractivity contribution in [3.8, 4) is 11.1 Å². The van der Waals surface area contributed by atoms with Gasteiger partial charge in [0.05, 0.1) is 22.7 Å². The van der Waals surface area contributed by atoms with Crippen molar-refractivity contribution in [1.29, 1.82) is 0 Å². The lowest BCUT2D eigenvalue weighted by Crippen LogP contribution is -2.41. The first kappa shape index (κ1) is 21.7. The maximum absolute atomic E-state index is 14.5. The van der Waals surface area contributed by atoms with Gasteiger partial charge in [-0.15, -0.1) is 0 Å². The van der Waals surface area contributed by atoms with Crippen molar-refractivity contribution in [3.63, 3.8) is 0 Å². The number of rotatable bonds is 5. The first-order chi connectivity index (χ1) is 15.7. The zero-order valence-corrected chi connectivity index (χ0v) is 18.2. The molecule has 0 unspecified atom stereocenters. The maximum Gasteiger partial charge on any atom is 0.326 e. The maximum atomic E-state index is 14.5. The Morgan fingerprint density at radius 3 is 2.58 bits per heavy atom. The van der Waals surface area contributed by atoms with Crippen LogP contribution in [0.25, 0.3) is 22.1 Å². The molecule has 2 amide bonds. The topological polar surface area (TPSA) is 95.7 Å². The molecule has 8 nitrogen and oxygen atoms in total. The van der Waals surface area contributed by atoms with Crippen molar-refractivity contribution in [2.75, 3.05) is 23.7 Å². The van der Waals surface area contributed by atoms with Crippen LogP contribution in [0.15, 0.2) is 34.9 Å². The third kappa shape index (κ3) is 3.62. The zero-order chi connectivity index (χ0) is 23.5. The van der Waals surface area contributed by atoms with Crippen molar-refractivity contribution < 1.29 is 30.9 Å². The van der Waals surface area contributed by atoms with E-state index in [4.69, 9.17) is 4.52 Å². The molecule has 2 atom stereocenters. The summed E-state index contributed by atoms with van der Waals surface area (Å²) in [5.74, 6) is -3.19. The number of carbonyl (C=O) groups is 1. The summed E-state index contributed by atoms with van der Waals surface area (Å²) in [4.78, 5) is 16.0. The highest BCUT2D eigenvalue weighted by Gasteiger charge is 2.46. The highest BCUT2D eigenvalue weighted by atomic mass is 32.2. The number of hydrogen-bond donors (Lipinski definition) is 1. The molecule has 5 rings (SSSR count). The fourth-order valence-corrected chi connectivity index (χ4v) is 5.38. The van der Waals surface area contributed by atoms with E-state index >= 15 is 0 Å². The van der Waals surface area contributed by atoms with Gasteiger partial charge >= 0.3 is 6.03 Å². The fraction of sp³-hybridized carbons (Fsp3) is 0.333. The number of amides is 2. The molecule has 0 bridgehead atoms. The summed E-state index contributed by atoms with van der Waals surface area (Å²) in [6, 6.07) is 4.61.